The molecule has 43 heavy (non-hydrogen) atoms. The highest BCUT2D eigenvalue weighted by molar-refractivity contribution is 9.10. The van der Waals surface area contributed by atoms with Gasteiger partial charge < -0.3 is 41.1 Å². The fourth-order valence-corrected chi connectivity index (χ4v) is 6.73. The molecule has 3 atom stereocenters. The zero-order chi connectivity index (χ0) is 31.6. The first-order valence-electron chi connectivity index (χ1n) is 13.3. The molecule has 5 rings (SSSR count). The molecule has 0 aliphatic heterocycles. The number of ether oxygens (including phenoxy) is 1. The quantitative estimate of drug-likeness (QED) is 0.260. The van der Waals surface area contributed by atoms with Crippen molar-refractivity contribution in [2.75, 3.05) is 19.0 Å². The maximum Gasteiger partial charge on any atom is 0.412 e. The predicted molar refractivity (Wildman–Crippen MR) is 157 cm³/mol. The Morgan fingerprint density at radius 1 is 1.16 bits per heavy atom. The number of ketones is 2. The predicted octanol–water partition coefficient (Wildman–Crippen LogP) is 2.93. The van der Waals surface area contributed by atoms with E-state index >= 15 is 0 Å². The Bertz CT molecular complexity index is 1660. The number of nitrogens with two attached hydrogens (primary N) is 1. The Morgan fingerprint density at radius 3 is 2.42 bits per heavy atom. The van der Waals surface area contributed by atoms with Crippen LogP contribution >= 0.6 is 15.9 Å². The van der Waals surface area contributed by atoms with Crippen LogP contribution in [0.25, 0.3) is 5.76 Å². The molecule has 1 unspecified atom stereocenters. The molecule has 2 aromatic rings. The number of hydrogen-bond donors (Lipinski definition) is 6. The lowest BCUT2D eigenvalue weighted by molar-refractivity contribution is -0.161. The van der Waals surface area contributed by atoms with Crippen molar-refractivity contribution in [1.82, 2.24) is 5.32 Å². The summed E-state index contributed by atoms with van der Waals surface area (Å²) in [6.45, 7) is 1.26. The number of nitrogens with one attached hydrogen (secondary N) is 1. The first-order chi connectivity index (χ1) is 20.1. The standard InChI is InChI=1S/C30H30BrN3O9/c1-29-10-13-8-17-18(34(2)3)9-14(12-33-28(41)43-16-6-4-15(31)5-7-16)23(36)21(17)24(37)20(13)25(38)30(29,42)26(39)22(27(32)40)19(35)11-29/h4-7,9,13,36-37,39,42H,8,10-12H2,1-3H3,(H2,32,40)(H,33,41)/t13?,29-,30-/m0/s1. The zero-order valence-corrected chi connectivity index (χ0v) is 25.1. The number of anilines is 1. The van der Waals surface area contributed by atoms with Gasteiger partial charge in [-0.2, -0.15) is 0 Å². The number of benzene rings is 2. The Balaban J connectivity index is 1.56. The number of primary amides is 1. The molecule has 1 saturated carbocycles. The number of halogens is 1. The van der Waals surface area contributed by atoms with Crippen molar-refractivity contribution in [2.45, 2.75) is 38.3 Å². The number of carbonyl (C=O) groups excluding carboxylic acids is 4. The molecule has 12 nitrogen and oxygen atoms in total. The lowest BCUT2D eigenvalue weighted by Crippen LogP contribution is -2.63. The molecular formula is C30H30BrN3O9. The van der Waals surface area contributed by atoms with Gasteiger partial charge in [-0.3, -0.25) is 14.4 Å². The summed E-state index contributed by atoms with van der Waals surface area (Å²) in [5.41, 5.74) is 1.19. The monoisotopic (exact) mass is 655 g/mol. The van der Waals surface area contributed by atoms with Crippen LogP contribution in [0.4, 0.5) is 10.5 Å². The van der Waals surface area contributed by atoms with Gasteiger partial charge in [0.15, 0.2) is 11.4 Å². The van der Waals surface area contributed by atoms with Crippen LogP contribution in [0, 0.1) is 11.3 Å². The minimum absolute atomic E-state index is 0.00521. The summed E-state index contributed by atoms with van der Waals surface area (Å²) in [5, 5.41) is 48.0. The second-order valence-electron chi connectivity index (χ2n) is 11.5. The lowest BCUT2D eigenvalue weighted by atomic mass is 9.52. The molecule has 0 saturated heterocycles. The van der Waals surface area contributed by atoms with Crippen molar-refractivity contribution in [2.24, 2.45) is 17.1 Å². The fraction of sp³-hybridized carbons (Fsp3) is 0.333. The van der Waals surface area contributed by atoms with Crippen molar-refractivity contribution in [1.29, 1.82) is 0 Å². The van der Waals surface area contributed by atoms with Crippen molar-refractivity contribution in [3.63, 3.8) is 0 Å². The third-order valence-electron chi connectivity index (χ3n) is 8.54. The van der Waals surface area contributed by atoms with Gasteiger partial charge >= 0.3 is 6.09 Å². The Morgan fingerprint density at radius 2 is 1.81 bits per heavy atom. The van der Waals surface area contributed by atoms with Gasteiger partial charge in [-0.25, -0.2) is 4.79 Å². The number of aliphatic hydroxyl groups is 3. The normalized spacial score (nSPS) is 24.6. The van der Waals surface area contributed by atoms with E-state index in [2.05, 4.69) is 21.2 Å². The average molecular weight is 656 g/mol. The van der Waals surface area contributed by atoms with Gasteiger partial charge in [0, 0.05) is 53.8 Å². The van der Waals surface area contributed by atoms with Gasteiger partial charge in [-0.15, -0.1) is 0 Å². The number of Topliss-reactive ketones (excluding diaryl/α,β-unsaturated/α-hetero) is 2. The summed E-state index contributed by atoms with van der Waals surface area (Å²) in [6, 6.07) is 8.23. The maximum atomic E-state index is 14.0. The van der Waals surface area contributed by atoms with Gasteiger partial charge in [0.2, 0.25) is 5.78 Å². The number of phenolic OH excluding ortho intramolecular Hbond substituents is 1. The van der Waals surface area contributed by atoms with Crippen LogP contribution in [0.5, 0.6) is 11.5 Å². The molecule has 13 heteroatoms. The number of fused-ring (bicyclic) bond motifs is 3. The van der Waals surface area contributed by atoms with E-state index < -0.39 is 69.8 Å². The van der Waals surface area contributed by atoms with Gasteiger partial charge in [-0.05, 0) is 54.7 Å². The molecule has 0 spiro atoms. The summed E-state index contributed by atoms with van der Waals surface area (Å²) in [7, 11) is 3.50. The number of aliphatic hydroxyl groups excluding tert-OH is 2. The van der Waals surface area contributed by atoms with Crippen LogP contribution in [0.2, 0.25) is 0 Å². The number of phenols is 1. The van der Waals surface area contributed by atoms with E-state index in [0.717, 1.165) is 4.47 Å². The number of nitrogens with zero attached hydrogens (tertiary/aromatic N) is 1. The second kappa shape index (κ2) is 10.4. The van der Waals surface area contributed by atoms with Crippen LogP contribution in [-0.4, -0.2) is 63.7 Å². The molecule has 0 aromatic heterocycles. The van der Waals surface area contributed by atoms with Gasteiger partial charge in [-0.1, -0.05) is 22.9 Å². The number of aromatic hydroxyl groups is 1. The summed E-state index contributed by atoms with van der Waals surface area (Å²) in [6.07, 6.45) is -1.08. The van der Waals surface area contributed by atoms with E-state index in [1.807, 2.05) is 0 Å². The first kappa shape index (κ1) is 30.1. The summed E-state index contributed by atoms with van der Waals surface area (Å²) >= 11 is 3.30. The van der Waals surface area contributed by atoms with Gasteiger partial charge in [0.1, 0.15) is 28.6 Å². The highest BCUT2D eigenvalue weighted by Crippen LogP contribution is 2.58. The Labute approximate surface area is 254 Å². The molecule has 226 valence electrons. The van der Waals surface area contributed by atoms with Crippen molar-refractivity contribution in [3.05, 3.63) is 68.4 Å². The zero-order valence-electron chi connectivity index (χ0n) is 23.5. The molecule has 0 bridgehead atoms. The van der Waals surface area contributed by atoms with E-state index in [9.17, 15) is 39.6 Å². The smallest absolute Gasteiger partial charge is 0.412 e. The molecular weight excluding hydrogens is 626 g/mol. The van der Waals surface area contributed by atoms with Crippen LogP contribution in [-0.2, 0) is 27.3 Å². The van der Waals surface area contributed by atoms with E-state index in [1.165, 1.54) is 6.92 Å². The highest BCUT2D eigenvalue weighted by atomic mass is 79.9. The van der Waals surface area contributed by atoms with Crippen LogP contribution in [0.3, 0.4) is 0 Å². The second-order valence-corrected chi connectivity index (χ2v) is 12.4. The lowest BCUT2D eigenvalue weighted by Gasteiger charge is -2.52. The number of carbonyl (C=O) groups is 4. The number of amides is 2. The average Bonchev–Trinajstić information content (AvgIpc) is 2.91. The van der Waals surface area contributed by atoms with E-state index in [4.69, 9.17) is 10.5 Å². The molecule has 1 fully saturated rings. The largest absolute Gasteiger partial charge is 0.508 e. The van der Waals surface area contributed by atoms with E-state index in [1.54, 1.807) is 49.3 Å². The summed E-state index contributed by atoms with van der Waals surface area (Å²) in [5.74, 6) is -5.73. The molecule has 0 radical (unpaired) electrons. The summed E-state index contributed by atoms with van der Waals surface area (Å²) in [4.78, 5) is 52.9. The fourth-order valence-electron chi connectivity index (χ4n) is 6.47. The van der Waals surface area contributed by atoms with Gasteiger partial charge in [0.25, 0.3) is 5.91 Å². The molecule has 2 aromatic carbocycles. The SMILES string of the molecule is CN(C)c1cc(CNC(=O)Oc2ccc(Br)cc2)c(O)c2c1CC1C[C@@]3(C)CC(=O)C(C(N)=O)=C(O)[C@@]3(O)C(=O)C1=C2O. The Hall–Kier alpha value is -4.36. The summed E-state index contributed by atoms with van der Waals surface area (Å²) < 4.78 is 6.06. The third kappa shape index (κ3) is 4.63. The van der Waals surface area contributed by atoms with Crippen molar-refractivity contribution in [3.8, 4) is 11.5 Å². The number of hydrogen-bond acceptors (Lipinski definition) is 10. The molecule has 7 N–H and O–H groups in total. The van der Waals surface area contributed by atoms with Crippen molar-refractivity contribution < 1.29 is 44.3 Å². The number of rotatable bonds is 5. The van der Waals surface area contributed by atoms with Crippen molar-refractivity contribution >= 4 is 50.9 Å². The van der Waals surface area contributed by atoms with Crippen LogP contribution < -0.4 is 20.7 Å². The van der Waals surface area contributed by atoms with E-state index in [-0.39, 0.29) is 36.1 Å². The molecule has 3 aliphatic rings. The van der Waals surface area contributed by atoms with Crippen LogP contribution in [0.15, 0.2) is 51.7 Å². The molecule has 2 amide bonds. The van der Waals surface area contributed by atoms with E-state index in [0.29, 0.717) is 17.0 Å². The minimum Gasteiger partial charge on any atom is -0.508 e. The highest BCUT2D eigenvalue weighted by Gasteiger charge is 2.66. The first-order valence-corrected chi connectivity index (χ1v) is 14.1. The van der Waals surface area contributed by atoms with Crippen LogP contribution in [0.1, 0.15) is 36.5 Å². The maximum absolute atomic E-state index is 14.0. The Kier molecular flexibility index (Phi) is 7.30. The third-order valence-corrected chi connectivity index (χ3v) is 9.07. The van der Waals surface area contributed by atoms with Gasteiger partial charge in [0.05, 0.1) is 5.56 Å². The topological polar surface area (TPSA) is 200 Å². The minimum atomic E-state index is -2.71. The molecule has 0 heterocycles. The molecule has 3 aliphatic carbocycles.